The Balaban J connectivity index is 1.76. The normalized spacial score (nSPS) is 16.4. The third-order valence-corrected chi connectivity index (χ3v) is 6.03. The second-order valence-corrected chi connectivity index (χ2v) is 10.4. The highest BCUT2D eigenvalue weighted by Crippen LogP contribution is 2.27. The molecule has 1 aliphatic heterocycles. The Morgan fingerprint density at radius 2 is 2.03 bits per heavy atom. The van der Waals surface area contributed by atoms with E-state index in [1.165, 1.54) is 0 Å². The Morgan fingerprint density at radius 3 is 2.67 bits per heavy atom. The van der Waals surface area contributed by atoms with Crippen molar-refractivity contribution in [1.82, 2.24) is 24.1 Å². The molecule has 0 radical (unpaired) electrons. The van der Waals surface area contributed by atoms with Crippen molar-refractivity contribution in [1.29, 1.82) is 0 Å². The summed E-state index contributed by atoms with van der Waals surface area (Å²) in [7, 11) is 5.36. The molecular formula is C26H41N5O5. The number of amides is 1. The molecule has 200 valence electrons. The van der Waals surface area contributed by atoms with Gasteiger partial charge < -0.3 is 28.6 Å². The molecule has 36 heavy (non-hydrogen) atoms. The average molecular weight is 504 g/mol. The SMILES string of the molecule is COCCn1ccc(-c2nn(C3CCCCO3)cc2CN(C)CCN(C)C(=O)OC(C)(C)C)cc1=O. The second-order valence-electron chi connectivity index (χ2n) is 10.4. The van der Waals surface area contributed by atoms with E-state index in [9.17, 15) is 9.59 Å². The van der Waals surface area contributed by atoms with Gasteiger partial charge in [0.15, 0.2) is 0 Å². The molecule has 1 atom stereocenters. The van der Waals surface area contributed by atoms with E-state index in [1.807, 2.05) is 44.8 Å². The summed E-state index contributed by atoms with van der Waals surface area (Å²) in [6, 6.07) is 3.55. The summed E-state index contributed by atoms with van der Waals surface area (Å²) in [5.74, 6) is 0. The summed E-state index contributed by atoms with van der Waals surface area (Å²) in [5.41, 5.74) is 1.93. The van der Waals surface area contributed by atoms with Crippen LogP contribution in [-0.2, 0) is 27.3 Å². The molecule has 0 spiro atoms. The maximum atomic E-state index is 12.7. The number of carbonyl (C=O) groups is 1. The van der Waals surface area contributed by atoms with Crippen molar-refractivity contribution in [3.05, 3.63) is 40.4 Å². The Labute approximate surface area is 213 Å². The van der Waals surface area contributed by atoms with E-state index in [2.05, 4.69) is 4.90 Å². The van der Waals surface area contributed by atoms with Crippen LogP contribution in [0.2, 0.25) is 0 Å². The fraction of sp³-hybridized carbons (Fsp3) is 0.654. The highest BCUT2D eigenvalue weighted by atomic mass is 16.6. The number of methoxy groups -OCH3 is 1. The number of aromatic nitrogens is 3. The molecule has 3 rings (SSSR count). The average Bonchev–Trinajstić information content (AvgIpc) is 3.24. The van der Waals surface area contributed by atoms with Gasteiger partial charge in [-0.25, -0.2) is 9.48 Å². The molecule has 10 heteroatoms. The van der Waals surface area contributed by atoms with E-state index in [-0.39, 0.29) is 17.9 Å². The predicted octanol–water partition coefficient (Wildman–Crippen LogP) is 3.36. The lowest BCUT2D eigenvalue weighted by atomic mass is 10.1. The van der Waals surface area contributed by atoms with Crippen LogP contribution in [0.4, 0.5) is 4.79 Å². The van der Waals surface area contributed by atoms with Crippen molar-refractivity contribution in [3.8, 4) is 11.3 Å². The van der Waals surface area contributed by atoms with Gasteiger partial charge in [-0.3, -0.25) is 4.79 Å². The first-order valence-corrected chi connectivity index (χ1v) is 12.6. The predicted molar refractivity (Wildman–Crippen MR) is 138 cm³/mol. The lowest BCUT2D eigenvalue weighted by Crippen LogP contribution is -2.38. The quantitative estimate of drug-likeness (QED) is 0.491. The zero-order valence-corrected chi connectivity index (χ0v) is 22.5. The molecule has 2 aromatic heterocycles. The zero-order chi connectivity index (χ0) is 26.3. The number of carbonyl (C=O) groups excluding carboxylic acids is 1. The molecule has 3 heterocycles. The number of rotatable bonds is 10. The standard InChI is InChI=1S/C26H41N5O5/c1-26(2,3)36-25(33)29(5)13-12-28(4)18-21-19-31(23-9-7-8-15-35-23)27-24(21)20-10-11-30(14-16-34-6)22(32)17-20/h10-11,17,19,23H,7-9,12-16,18H2,1-6H3. The van der Waals surface area contributed by atoms with Crippen LogP contribution in [0.3, 0.4) is 0 Å². The number of pyridine rings is 1. The maximum Gasteiger partial charge on any atom is 0.410 e. The molecule has 1 aliphatic rings. The van der Waals surface area contributed by atoms with E-state index in [0.717, 1.165) is 42.7 Å². The van der Waals surface area contributed by atoms with Crippen molar-refractivity contribution in [3.63, 3.8) is 0 Å². The first-order chi connectivity index (χ1) is 17.1. The Morgan fingerprint density at radius 1 is 1.25 bits per heavy atom. The van der Waals surface area contributed by atoms with E-state index >= 15 is 0 Å². The molecule has 2 aromatic rings. The Bertz CT molecular complexity index is 1050. The van der Waals surface area contributed by atoms with E-state index in [1.54, 1.807) is 35.9 Å². The number of nitrogens with zero attached hydrogens (tertiary/aromatic N) is 5. The van der Waals surface area contributed by atoms with Gasteiger partial charge in [0.05, 0.1) is 12.3 Å². The van der Waals surface area contributed by atoms with Gasteiger partial charge in [0, 0.05) is 76.5 Å². The van der Waals surface area contributed by atoms with Crippen LogP contribution >= 0.6 is 0 Å². The zero-order valence-electron chi connectivity index (χ0n) is 22.5. The van der Waals surface area contributed by atoms with E-state index < -0.39 is 5.60 Å². The molecule has 1 fully saturated rings. The third-order valence-electron chi connectivity index (χ3n) is 6.03. The van der Waals surface area contributed by atoms with Crippen molar-refractivity contribution < 1.29 is 19.0 Å². The minimum atomic E-state index is -0.528. The summed E-state index contributed by atoms with van der Waals surface area (Å²) in [4.78, 5) is 28.7. The van der Waals surface area contributed by atoms with E-state index in [4.69, 9.17) is 19.3 Å². The lowest BCUT2D eigenvalue weighted by Gasteiger charge is -2.26. The minimum absolute atomic E-state index is 0.0914. The first-order valence-electron chi connectivity index (χ1n) is 12.6. The summed E-state index contributed by atoms with van der Waals surface area (Å²) in [6.45, 7) is 9.05. The van der Waals surface area contributed by atoms with Crippen molar-refractivity contribution in [2.24, 2.45) is 0 Å². The van der Waals surface area contributed by atoms with Gasteiger partial charge in [0.25, 0.3) is 5.56 Å². The Kier molecular flexibility index (Phi) is 9.69. The highest BCUT2D eigenvalue weighted by molar-refractivity contribution is 5.67. The van der Waals surface area contributed by atoms with Gasteiger partial charge in [0.2, 0.25) is 0 Å². The molecular weight excluding hydrogens is 462 g/mol. The van der Waals surface area contributed by atoms with Crippen LogP contribution < -0.4 is 5.56 Å². The fourth-order valence-electron chi connectivity index (χ4n) is 4.02. The summed E-state index contributed by atoms with van der Waals surface area (Å²) >= 11 is 0. The number of hydrogen-bond acceptors (Lipinski definition) is 7. The van der Waals surface area contributed by atoms with Gasteiger partial charge in [-0.1, -0.05) is 0 Å². The molecule has 0 bridgehead atoms. The topological polar surface area (TPSA) is 91.1 Å². The maximum absolute atomic E-state index is 12.7. The van der Waals surface area contributed by atoms with Crippen LogP contribution in [0.25, 0.3) is 11.3 Å². The van der Waals surface area contributed by atoms with Gasteiger partial charge in [-0.15, -0.1) is 0 Å². The molecule has 1 amide bonds. The van der Waals surface area contributed by atoms with Crippen molar-refractivity contribution in [2.75, 3.05) is 47.5 Å². The number of ether oxygens (including phenoxy) is 3. The van der Waals surface area contributed by atoms with Crippen LogP contribution in [-0.4, -0.2) is 83.4 Å². The summed E-state index contributed by atoms with van der Waals surface area (Å²) in [6.07, 6.45) is 6.44. The second kappa shape index (κ2) is 12.5. The van der Waals surface area contributed by atoms with Crippen LogP contribution in [0, 0.1) is 0 Å². The van der Waals surface area contributed by atoms with E-state index in [0.29, 0.717) is 32.8 Å². The molecule has 0 aromatic carbocycles. The smallest absolute Gasteiger partial charge is 0.410 e. The number of likely N-dealkylation sites (N-methyl/N-ethyl adjacent to an activating group) is 2. The molecule has 10 nitrogen and oxygen atoms in total. The molecule has 0 N–H and O–H groups in total. The largest absolute Gasteiger partial charge is 0.444 e. The van der Waals surface area contributed by atoms with Gasteiger partial charge in [0.1, 0.15) is 11.8 Å². The molecule has 0 aliphatic carbocycles. The van der Waals surface area contributed by atoms with Gasteiger partial charge in [-0.2, -0.15) is 5.10 Å². The minimum Gasteiger partial charge on any atom is -0.444 e. The highest BCUT2D eigenvalue weighted by Gasteiger charge is 2.22. The fourth-order valence-corrected chi connectivity index (χ4v) is 4.02. The lowest BCUT2D eigenvalue weighted by molar-refractivity contribution is -0.0394. The van der Waals surface area contributed by atoms with Crippen LogP contribution in [0.1, 0.15) is 51.8 Å². The van der Waals surface area contributed by atoms with Crippen LogP contribution in [0.15, 0.2) is 29.3 Å². The Hall–Kier alpha value is -2.69. The van der Waals surface area contributed by atoms with Gasteiger partial charge in [-0.05, 0) is 53.1 Å². The summed E-state index contributed by atoms with van der Waals surface area (Å²) < 4.78 is 20.0. The molecule has 1 unspecified atom stereocenters. The molecule has 1 saturated heterocycles. The van der Waals surface area contributed by atoms with Crippen molar-refractivity contribution >= 4 is 6.09 Å². The molecule has 0 saturated carbocycles. The summed E-state index contributed by atoms with van der Waals surface area (Å²) in [5, 5.41) is 4.86. The third kappa shape index (κ3) is 7.91. The number of hydrogen-bond donors (Lipinski definition) is 0. The first kappa shape index (κ1) is 27.9. The van der Waals surface area contributed by atoms with Crippen molar-refractivity contribution in [2.45, 2.75) is 65.0 Å². The van der Waals surface area contributed by atoms with Crippen LogP contribution in [0.5, 0.6) is 0 Å². The van der Waals surface area contributed by atoms with Gasteiger partial charge >= 0.3 is 6.09 Å². The monoisotopic (exact) mass is 503 g/mol.